The number of rotatable bonds is 2. The van der Waals surface area contributed by atoms with E-state index >= 15 is 0 Å². The zero-order chi connectivity index (χ0) is 16.7. The molecular weight excluding hydrogens is 342 g/mol. The Morgan fingerprint density at radius 2 is 1.67 bits per heavy atom. The number of nitrogens with zero attached hydrogens (tertiary/aromatic N) is 1. The first kappa shape index (κ1) is 14.9. The molecular formula is C18H12ClN3OS. The summed E-state index contributed by atoms with van der Waals surface area (Å²) < 4.78 is 0.514. The molecule has 0 spiro atoms. The molecule has 2 aromatic carbocycles. The number of para-hydroxylation sites is 1. The molecule has 0 fully saturated rings. The Balaban J connectivity index is 1.79. The maximum absolute atomic E-state index is 9.96. The maximum atomic E-state index is 9.96. The molecule has 0 amide bonds. The summed E-state index contributed by atoms with van der Waals surface area (Å²) in [5.74, 6) is 0.253. The number of aromatic amines is 2. The first-order valence-corrected chi connectivity index (χ1v) is 8.08. The number of phenols is 1. The summed E-state index contributed by atoms with van der Waals surface area (Å²) in [5, 5.41) is 10.5. The van der Waals surface area contributed by atoms with Crippen molar-refractivity contribution < 1.29 is 5.11 Å². The Kier molecular flexibility index (Phi) is 3.59. The quantitative estimate of drug-likeness (QED) is 0.428. The van der Waals surface area contributed by atoms with Crippen LogP contribution in [0, 0.1) is 4.77 Å². The lowest BCUT2D eigenvalue weighted by molar-refractivity contribution is 0.477. The molecule has 0 radical (unpaired) electrons. The number of imidazole rings is 1. The summed E-state index contributed by atoms with van der Waals surface area (Å²) in [7, 11) is 0. The standard InChI is InChI=1S/C18H12ClN3OS/c19-13-9-14-17(22-18(24)20-14)21-16(13)11-7-5-10(6-8-11)12-3-1-2-4-15(12)23/h1-9,23H,(H2,20,21,22,24). The van der Waals surface area contributed by atoms with Gasteiger partial charge in [-0.3, -0.25) is 0 Å². The molecule has 4 nitrogen and oxygen atoms in total. The highest BCUT2D eigenvalue weighted by atomic mass is 35.5. The van der Waals surface area contributed by atoms with Crippen molar-refractivity contribution in [3.05, 3.63) is 64.4 Å². The van der Waals surface area contributed by atoms with E-state index in [1.807, 2.05) is 42.5 Å². The van der Waals surface area contributed by atoms with E-state index in [1.165, 1.54) is 0 Å². The molecule has 0 unspecified atom stereocenters. The number of benzene rings is 2. The van der Waals surface area contributed by atoms with E-state index in [4.69, 9.17) is 23.8 Å². The van der Waals surface area contributed by atoms with Crippen molar-refractivity contribution in [2.75, 3.05) is 0 Å². The van der Waals surface area contributed by atoms with Crippen LogP contribution in [0.3, 0.4) is 0 Å². The van der Waals surface area contributed by atoms with Crippen LogP contribution in [0.5, 0.6) is 5.75 Å². The SMILES string of the molecule is Oc1ccccc1-c1ccc(-c2nc3[nH]c(=S)[nH]c3cc2Cl)cc1. The summed E-state index contributed by atoms with van der Waals surface area (Å²) >= 11 is 11.4. The van der Waals surface area contributed by atoms with Gasteiger partial charge in [0.1, 0.15) is 5.75 Å². The number of nitrogens with one attached hydrogen (secondary N) is 2. The van der Waals surface area contributed by atoms with Gasteiger partial charge in [0, 0.05) is 11.1 Å². The summed E-state index contributed by atoms with van der Waals surface area (Å²) in [6.07, 6.45) is 0. The van der Waals surface area contributed by atoms with E-state index in [-0.39, 0.29) is 5.75 Å². The predicted molar refractivity (Wildman–Crippen MR) is 98.8 cm³/mol. The van der Waals surface area contributed by atoms with Crippen molar-refractivity contribution in [3.8, 4) is 28.1 Å². The molecule has 118 valence electrons. The summed E-state index contributed by atoms with van der Waals surface area (Å²) in [6.45, 7) is 0. The van der Waals surface area contributed by atoms with E-state index in [9.17, 15) is 5.11 Å². The predicted octanol–water partition coefficient (Wildman–Crippen LogP) is 5.31. The summed E-state index contributed by atoms with van der Waals surface area (Å²) in [5.41, 5.74) is 4.73. The van der Waals surface area contributed by atoms with E-state index in [1.54, 1.807) is 12.1 Å². The number of hydrogen-bond acceptors (Lipinski definition) is 3. The highest BCUT2D eigenvalue weighted by molar-refractivity contribution is 7.71. The number of halogens is 1. The van der Waals surface area contributed by atoms with Crippen LogP contribution in [0.4, 0.5) is 0 Å². The van der Waals surface area contributed by atoms with Crippen LogP contribution in [0.25, 0.3) is 33.5 Å². The third kappa shape index (κ3) is 2.58. The van der Waals surface area contributed by atoms with Crippen molar-refractivity contribution in [2.24, 2.45) is 0 Å². The third-order valence-electron chi connectivity index (χ3n) is 3.83. The van der Waals surface area contributed by atoms with Gasteiger partial charge in [-0.25, -0.2) is 4.98 Å². The normalized spacial score (nSPS) is 11.0. The fraction of sp³-hybridized carbons (Fsp3) is 0. The topological polar surface area (TPSA) is 64.7 Å². The first-order chi connectivity index (χ1) is 11.6. The Hall–Kier alpha value is -2.63. The zero-order valence-electron chi connectivity index (χ0n) is 12.4. The minimum absolute atomic E-state index is 0.253. The lowest BCUT2D eigenvalue weighted by Gasteiger charge is -2.07. The largest absolute Gasteiger partial charge is 0.507 e. The first-order valence-electron chi connectivity index (χ1n) is 7.29. The molecule has 4 aromatic rings. The van der Waals surface area contributed by atoms with Gasteiger partial charge in [0.25, 0.3) is 0 Å². The van der Waals surface area contributed by atoms with Crippen LogP contribution in [0.2, 0.25) is 5.02 Å². The Morgan fingerprint density at radius 3 is 2.42 bits per heavy atom. The fourth-order valence-electron chi connectivity index (χ4n) is 2.67. The van der Waals surface area contributed by atoms with Gasteiger partial charge < -0.3 is 15.1 Å². The van der Waals surface area contributed by atoms with Crippen molar-refractivity contribution in [2.45, 2.75) is 0 Å². The zero-order valence-corrected chi connectivity index (χ0v) is 13.9. The molecule has 0 aliphatic carbocycles. The summed E-state index contributed by atoms with van der Waals surface area (Å²) in [4.78, 5) is 10.5. The lowest BCUT2D eigenvalue weighted by atomic mass is 10.0. The second-order valence-electron chi connectivity index (χ2n) is 5.39. The lowest BCUT2D eigenvalue weighted by Crippen LogP contribution is -1.87. The van der Waals surface area contributed by atoms with Gasteiger partial charge in [-0.05, 0) is 29.9 Å². The molecule has 0 atom stereocenters. The highest BCUT2D eigenvalue weighted by Gasteiger charge is 2.10. The number of phenolic OH excluding ortho intramolecular Hbond substituents is 1. The molecule has 2 aromatic heterocycles. The van der Waals surface area contributed by atoms with E-state index in [0.717, 1.165) is 22.2 Å². The summed E-state index contributed by atoms with van der Waals surface area (Å²) in [6, 6.07) is 16.8. The Labute approximate surface area is 147 Å². The average molecular weight is 354 g/mol. The van der Waals surface area contributed by atoms with E-state index < -0.39 is 0 Å². The number of H-pyrrole nitrogens is 2. The second-order valence-corrected chi connectivity index (χ2v) is 6.20. The highest BCUT2D eigenvalue weighted by Crippen LogP contribution is 2.32. The smallest absolute Gasteiger partial charge is 0.176 e. The molecule has 0 aliphatic rings. The van der Waals surface area contributed by atoms with Crippen LogP contribution in [0.15, 0.2) is 54.6 Å². The number of aromatic hydroxyl groups is 1. The Bertz CT molecular complexity index is 1100. The number of pyridine rings is 1. The molecule has 3 N–H and O–H groups in total. The number of hydrogen-bond donors (Lipinski definition) is 3. The van der Waals surface area contributed by atoms with E-state index in [0.29, 0.717) is 21.1 Å². The van der Waals surface area contributed by atoms with Gasteiger partial charge in [0.05, 0.1) is 16.2 Å². The molecule has 6 heteroatoms. The van der Waals surface area contributed by atoms with Crippen LogP contribution in [-0.2, 0) is 0 Å². The molecule has 0 saturated heterocycles. The molecule has 0 bridgehead atoms. The van der Waals surface area contributed by atoms with Crippen molar-refractivity contribution >= 4 is 35.0 Å². The Morgan fingerprint density at radius 1 is 0.958 bits per heavy atom. The molecule has 0 saturated carbocycles. The van der Waals surface area contributed by atoms with Crippen LogP contribution >= 0.6 is 23.8 Å². The number of fused-ring (bicyclic) bond motifs is 1. The number of aromatic nitrogens is 3. The molecule has 0 aliphatic heterocycles. The van der Waals surface area contributed by atoms with Crippen molar-refractivity contribution in [1.82, 2.24) is 15.0 Å². The van der Waals surface area contributed by atoms with Crippen LogP contribution in [-0.4, -0.2) is 20.1 Å². The van der Waals surface area contributed by atoms with Crippen LogP contribution < -0.4 is 0 Å². The third-order valence-corrected chi connectivity index (χ3v) is 4.32. The molecule has 2 heterocycles. The van der Waals surface area contributed by atoms with Crippen LogP contribution in [0.1, 0.15) is 0 Å². The minimum atomic E-state index is 0.253. The monoisotopic (exact) mass is 353 g/mol. The average Bonchev–Trinajstić information content (AvgIpc) is 2.94. The van der Waals surface area contributed by atoms with Gasteiger partial charge in [0.2, 0.25) is 0 Å². The molecule has 4 rings (SSSR count). The van der Waals surface area contributed by atoms with Gasteiger partial charge in [-0.15, -0.1) is 0 Å². The molecule has 24 heavy (non-hydrogen) atoms. The van der Waals surface area contributed by atoms with E-state index in [2.05, 4.69) is 15.0 Å². The second kappa shape index (κ2) is 5.78. The van der Waals surface area contributed by atoms with Gasteiger partial charge >= 0.3 is 0 Å². The van der Waals surface area contributed by atoms with Gasteiger partial charge in [0.15, 0.2) is 10.4 Å². The minimum Gasteiger partial charge on any atom is -0.507 e. The van der Waals surface area contributed by atoms with Crippen molar-refractivity contribution in [3.63, 3.8) is 0 Å². The van der Waals surface area contributed by atoms with Gasteiger partial charge in [-0.1, -0.05) is 54.1 Å². The van der Waals surface area contributed by atoms with Crippen molar-refractivity contribution in [1.29, 1.82) is 0 Å². The van der Waals surface area contributed by atoms with Gasteiger partial charge in [-0.2, -0.15) is 0 Å². The fourth-order valence-corrected chi connectivity index (χ4v) is 3.14. The maximum Gasteiger partial charge on any atom is 0.176 e.